The normalized spacial score (nSPS) is 21.1. The van der Waals surface area contributed by atoms with Crippen LogP contribution in [-0.2, 0) is 0 Å². The van der Waals surface area contributed by atoms with Gasteiger partial charge in [-0.05, 0) is 30.1 Å². The van der Waals surface area contributed by atoms with Gasteiger partial charge in [0.15, 0.2) is 0 Å². The molecule has 4 heteroatoms. The first-order valence-corrected chi connectivity index (χ1v) is 5.48. The molecule has 76 valence electrons. The van der Waals surface area contributed by atoms with Gasteiger partial charge in [0.05, 0.1) is 17.8 Å². The van der Waals surface area contributed by atoms with Gasteiger partial charge in [-0.25, -0.2) is 0 Å². The van der Waals surface area contributed by atoms with Gasteiger partial charge in [-0.1, -0.05) is 6.92 Å². The third-order valence-corrected chi connectivity index (χ3v) is 3.02. The zero-order chi connectivity index (χ0) is 9.97. The second kappa shape index (κ2) is 4.11. The Morgan fingerprint density at radius 1 is 1.64 bits per heavy atom. The van der Waals surface area contributed by atoms with Crippen molar-refractivity contribution in [2.45, 2.75) is 13.3 Å². The molecule has 3 nitrogen and oxygen atoms in total. The van der Waals surface area contributed by atoms with Crippen molar-refractivity contribution in [3.05, 3.63) is 35.8 Å². The molecule has 2 N–H and O–H groups in total. The monoisotopic (exact) mass is 210 g/mol. The van der Waals surface area contributed by atoms with Crippen molar-refractivity contribution in [3.8, 4) is 0 Å². The maximum atomic E-state index is 8.96. The second-order valence-corrected chi connectivity index (χ2v) is 4.44. The molecule has 14 heavy (non-hydrogen) atoms. The fraction of sp³-hybridized carbons (Fsp3) is 0.400. The smallest absolute Gasteiger partial charge is 0.0726 e. The van der Waals surface area contributed by atoms with Gasteiger partial charge in [0.2, 0.25) is 0 Å². The number of fused-ring (bicyclic) bond motifs is 1. The van der Waals surface area contributed by atoms with Crippen molar-refractivity contribution >= 4 is 12.1 Å². The van der Waals surface area contributed by atoms with E-state index in [0.717, 1.165) is 6.42 Å². The fourth-order valence-corrected chi connectivity index (χ4v) is 2.10. The Labute approximate surface area is 88.4 Å². The highest BCUT2D eigenvalue weighted by molar-refractivity contribution is 7.95. The summed E-state index contributed by atoms with van der Waals surface area (Å²) in [7, 11) is 0. The van der Waals surface area contributed by atoms with E-state index in [9.17, 15) is 0 Å². The summed E-state index contributed by atoms with van der Waals surface area (Å²) in [6.45, 7) is 2.30. The molecule has 0 fully saturated rings. The predicted molar refractivity (Wildman–Crippen MR) is 58.7 cm³/mol. The van der Waals surface area contributed by atoms with Crippen molar-refractivity contribution in [1.29, 1.82) is 0 Å². The summed E-state index contributed by atoms with van der Waals surface area (Å²) in [5, 5.41) is 8.96. The van der Waals surface area contributed by atoms with E-state index in [1.165, 1.54) is 11.3 Å². The van der Waals surface area contributed by atoms with Crippen LogP contribution < -0.4 is 4.72 Å². The highest BCUT2D eigenvalue weighted by Gasteiger charge is 2.16. The molecule has 1 atom stereocenters. The van der Waals surface area contributed by atoms with Gasteiger partial charge >= 0.3 is 0 Å². The Morgan fingerprint density at radius 3 is 3.29 bits per heavy atom. The van der Waals surface area contributed by atoms with Crippen LogP contribution in [0.4, 0.5) is 0 Å². The first kappa shape index (κ1) is 9.68. The van der Waals surface area contributed by atoms with E-state index in [1.807, 2.05) is 6.20 Å². The van der Waals surface area contributed by atoms with Crippen molar-refractivity contribution < 1.29 is 5.11 Å². The highest BCUT2D eigenvalue weighted by Crippen LogP contribution is 2.29. The number of nitrogens with one attached hydrogen (secondary N) is 1. The maximum absolute atomic E-state index is 8.96. The molecule has 0 saturated heterocycles. The standard InChI is InChI=1S/C10H14N2OS/c1-8(7-13)4-9-2-3-12-10(5-9)6-11-14-12/h2-3,5-6,8,11,13H,4,7H2,1H3/t8-/m0/s1. The third kappa shape index (κ3) is 1.96. The van der Waals surface area contributed by atoms with Crippen LogP contribution >= 0.6 is 12.1 Å². The molecule has 0 bridgehead atoms. The van der Waals surface area contributed by atoms with Crippen LogP contribution in [0, 0.1) is 5.92 Å². The number of rotatable bonds is 3. The molecule has 0 aliphatic carbocycles. The van der Waals surface area contributed by atoms with E-state index >= 15 is 0 Å². The lowest BCUT2D eigenvalue weighted by atomic mass is 10.00. The Bertz CT molecular complexity index is 309. The predicted octanol–water partition coefficient (Wildman–Crippen LogP) is 1.77. The zero-order valence-electron chi connectivity index (χ0n) is 8.10. The molecule has 0 amide bonds. The van der Waals surface area contributed by atoms with Crippen LogP contribution in [-0.4, -0.2) is 16.0 Å². The van der Waals surface area contributed by atoms with Crippen LogP contribution in [0.5, 0.6) is 0 Å². The molecule has 0 aromatic rings. The molecule has 0 spiro atoms. The van der Waals surface area contributed by atoms with Crippen LogP contribution in [0.2, 0.25) is 0 Å². The Balaban J connectivity index is 2.04. The number of allylic oxidation sites excluding steroid dienone is 3. The molecule has 2 aliphatic heterocycles. The maximum Gasteiger partial charge on any atom is 0.0726 e. The van der Waals surface area contributed by atoms with E-state index < -0.39 is 0 Å². The van der Waals surface area contributed by atoms with Gasteiger partial charge in [0.25, 0.3) is 0 Å². The number of aliphatic hydroxyl groups excluding tert-OH is 1. The third-order valence-electron chi connectivity index (χ3n) is 2.27. The summed E-state index contributed by atoms with van der Waals surface area (Å²) < 4.78 is 5.16. The molecular weight excluding hydrogens is 196 g/mol. The Kier molecular flexibility index (Phi) is 2.84. The molecular formula is C10H14N2OS. The first-order chi connectivity index (χ1) is 6.79. The molecule has 2 aliphatic rings. The molecule has 0 aromatic carbocycles. The molecule has 0 radical (unpaired) electrons. The van der Waals surface area contributed by atoms with Crippen LogP contribution in [0.15, 0.2) is 35.8 Å². The van der Waals surface area contributed by atoms with Gasteiger partial charge in [-0.3, -0.25) is 4.31 Å². The van der Waals surface area contributed by atoms with Gasteiger partial charge in [-0.2, -0.15) is 0 Å². The number of nitrogens with zero attached hydrogens (tertiary/aromatic N) is 1. The molecule has 0 aromatic heterocycles. The average Bonchev–Trinajstić information content (AvgIpc) is 2.64. The topological polar surface area (TPSA) is 35.5 Å². The Morgan fingerprint density at radius 2 is 2.50 bits per heavy atom. The lowest BCUT2D eigenvalue weighted by Crippen LogP contribution is -2.08. The summed E-state index contributed by atoms with van der Waals surface area (Å²) in [4.78, 5) is 0. The van der Waals surface area contributed by atoms with E-state index in [2.05, 4.69) is 34.3 Å². The summed E-state index contributed by atoms with van der Waals surface area (Å²) in [5.41, 5.74) is 2.45. The van der Waals surface area contributed by atoms with Crippen molar-refractivity contribution in [1.82, 2.24) is 9.03 Å². The first-order valence-electron chi connectivity index (χ1n) is 4.71. The molecule has 2 rings (SSSR count). The largest absolute Gasteiger partial charge is 0.396 e. The van der Waals surface area contributed by atoms with E-state index in [0.29, 0.717) is 5.92 Å². The van der Waals surface area contributed by atoms with Gasteiger partial charge in [0, 0.05) is 19.0 Å². The molecule has 0 saturated carbocycles. The van der Waals surface area contributed by atoms with Crippen LogP contribution in [0.25, 0.3) is 0 Å². The lowest BCUT2D eigenvalue weighted by molar-refractivity contribution is 0.237. The van der Waals surface area contributed by atoms with Gasteiger partial charge in [-0.15, -0.1) is 0 Å². The SMILES string of the molecule is C[C@H](CO)CC1=CC2=CNSN2C=C1. The number of aliphatic hydroxyl groups is 1. The second-order valence-electron chi connectivity index (χ2n) is 3.63. The van der Waals surface area contributed by atoms with Crippen molar-refractivity contribution in [2.24, 2.45) is 5.92 Å². The summed E-state index contributed by atoms with van der Waals surface area (Å²) in [6.07, 6.45) is 9.22. The minimum Gasteiger partial charge on any atom is -0.396 e. The van der Waals surface area contributed by atoms with E-state index in [1.54, 1.807) is 12.1 Å². The lowest BCUT2D eigenvalue weighted by Gasteiger charge is -2.18. The summed E-state index contributed by atoms with van der Waals surface area (Å²) in [6, 6.07) is 0. The quantitative estimate of drug-likeness (QED) is 0.696. The van der Waals surface area contributed by atoms with Gasteiger partial charge in [0.1, 0.15) is 0 Å². The van der Waals surface area contributed by atoms with Gasteiger partial charge < -0.3 is 9.83 Å². The average molecular weight is 210 g/mol. The number of hydrogen-bond donors (Lipinski definition) is 2. The van der Waals surface area contributed by atoms with E-state index in [-0.39, 0.29) is 6.61 Å². The van der Waals surface area contributed by atoms with E-state index in [4.69, 9.17) is 5.11 Å². The minimum absolute atomic E-state index is 0.251. The van der Waals surface area contributed by atoms with Crippen LogP contribution in [0.3, 0.4) is 0 Å². The van der Waals surface area contributed by atoms with Crippen molar-refractivity contribution in [3.63, 3.8) is 0 Å². The Hall–Kier alpha value is -0.870. The summed E-state index contributed by atoms with van der Waals surface area (Å²) >= 11 is 1.56. The number of hydrogen-bond acceptors (Lipinski definition) is 4. The molecule has 2 heterocycles. The highest BCUT2D eigenvalue weighted by atomic mass is 32.2. The van der Waals surface area contributed by atoms with Crippen molar-refractivity contribution in [2.75, 3.05) is 6.61 Å². The van der Waals surface area contributed by atoms with Crippen LogP contribution in [0.1, 0.15) is 13.3 Å². The molecule has 0 unspecified atom stereocenters. The summed E-state index contributed by atoms with van der Waals surface area (Å²) in [5.74, 6) is 0.333. The zero-order valence-corrected chi connectivity index (χ0v) is 8.92. The minimum atomic E-state index is 0.251. The fourth-order valence-electron chi connectivity index (χ4n) is 1.48.